The van der Waals surface area contributed by atoms with Crippen LogP contribution in [0.3, 0.4) is 0 Å². The van der Waals surface area contributed by atoms with E-state index < -0.39 is 50.8 Å². The molecule has 8 nitrogen and oxygen atoms in total. The Kier molecular flexibility index (Phi) is 7.82. The Balaban J connectivity index is 2.47. The fraction of sp³-hybridized carbons (Fsp3) is 0.500. The van der Waals surface area contributed by atoms with Gasteiger partial charge in [-0.05, 0) is 39.0 Å². The molecule has 0 heterocycles. The number of rotatable bonds is 7. The van der Waals surface area contributed by atoms with Gasteiger partial charge in [-0.15, -0.1) is 0 Å². The van der Waals surface area contributed by atoms with Gasteiger partial charge in [0.05, 0.1) is 17.0 Å². The van der Waals surface area contributed by atoms with E-state index in [0.29, 0.717) is 6.07 Å². The van der Waals surface area contributed by atoms with Gasteiger partial charge in [-0.25, -0.2) is 17.9 Å². The molecule has 0 saturated heterocycles. The summed E-state index contributed by atoms with van der Waals surface area (Å²) in [5, 5.41) is 4.74. The summed E-state index contributed by atoms with van der Waals surface area (Å²) in [6.07, 6.45) is -5.36. The molecule has 0 aliphatic heterocycles. The van der Waals surface area contributed by atoms with Crippen LogP contribution in [0.5, 0.6) is 0 Å². The van der Waals surface area contributed by atoms with Gasteiger partial charge in [-0.3, -0.25) is 4.79 Å². The van der Waals surface area contributed by atoms with Crippen LogP contribution in [0.1, 0.15) is 26.3 Å². The van der Waals surface area contributed by atoms with Gasteiger partial charge in [0, 0.05) is 13.1 Å². The second-order valence-electron chi connectivity index (χ2n) is 6.63. The number of carbonyl (C=O) groups excluding carboxylic acids is 2. The molecule has 0 radical (unpaired) electrons. The topological polar surface area (TPSA) is 114 Å². The number of amides is 2. The Bertz CT molecular complexity index is 804. The summed E-state index contributed by atoms with van der Waals surface area (Å²) in [5.41, 5.74) is -1.79. The van der Waals surface area contributed by atoms with E-state index in [9.17, 15) is 31.2 Å². The lowest BCUT2D eigenvalue weighted by molar-refractivity contribution is -0.137. The molecule has 0 aromatic heterocycles. The quantitative estimate of drug-likeness (QED) is 0.575. The highest BCUT2D eigenvalue weighted by atomic mass is 32.2. The van der Waals surface area contributed by atoms with E-state index >= 15 is 0 Å². The number of alkyl carbamates (subject to hydrolysis) is 1. The van der Waals surface area contributed by atoms with E-state index in [4.69, 9.17) is 4.74 Å². The Morgan fingerprint density at radius 1 is 1.07 bits per heavy atom. The smallest absolute Gasteiger partial charge is 0.416 e. The third-order valence-electron chi connectivity index (χ3n) is 3.01. The van der Waals surface area contributed by atoms with Crippen LogP contribution in [0.4, 0.5) is 18.0 Å². The van der Waals surface area contributed by atoms with Gasteiger partial charge in [-0.1, -0.05) is 6.07 Å². The largest absolute Gasteiger partial charge is 0.444 e. The summed E-state index contributed by atoms with van der Waals surface area (Å²) >= 11 is 0. The molecule has 2 amide bonds. The monoisotopic (exact) mass is 425 g/mol. The van der Waals surface area contributed by atoms with Crippen LogP contribution in [-0.4, -0.2) is 45.7 Å². The summed E-state index contributed by atoms with van der Waals surface area (Å²) in [5.74, 6) is -0.721. The molecule has 0 saturated carbocycles. The molecule has 0 bridgehead atoms. The van der Waals surface area contributed by atoms with Gasteiger partial charge in [0.2, 0.25) is 15.9 Å². The molecule has 0 aliphatic carbocycles. The number of carbonyl (C=O) groups is 2. The number of benzene rings is 1. The highest BCUT2D eigenvalue weighted by Gasteiger charge is 2.31. The predicted octanol–water partition coefficient (Wildman–Crippen LogP) is 1.62. The SMILES string of the molecule is CC(C)(C)OC(=O)NCCNC(=O)CNS(=O)(=O)c1cccc(C(F)(F)F)c1. The van der Waals surface area contributed by atoms with Crippen LogP contribution >= 0.6 is 0 Å². The average Bonchev–Trinajstić information content (AvgIpc) is 2.55. The molecule has 0 atom stereocenters. The minimum absolute atomic E-state index is 0.00334. The average molecular weight is 425 g/mol. The number of ether oxygens (including phenoxy) is 1. The van der Waals surface area contributed by atoms with Crippen molar-refractivity contribution in [3.05, 3.63) is 29.8 Å². The normalized spacial score (nSPS) is 12.4. The van der Waals surface area contributed by atoms with Crippen LogP contribution in [-0.2, 0) is 25.7 Å². The van der Waals surface area contributed by atoms with Crippen molar-refractivity contribution >= 4 is 22.0 Å². The van der Waals surface area contributed by atoms with E-state index in [1.807, 2.05) is 4.72 Å². The zero-order valence-electron chi connectivity index (χ0n) is 15.5. The van der Waals surface area contributed by atoms with Gasteiger partial charge in [0.25, 0.3) is 0 Å². The number of alkyl halides is 3. The van der Waals surface area contributed by atoms with E-state index in [2.05, 4.69) is 10.6 Å². The Morgan fingerprint density at radius 3 is 2.25 bits per heavy atom. The van der Waals surface area contributed by atoms with Gasteiger partial charge < -0.3 is 15.4 Å². The number of nitrogens with one attached hydrogen (secondary N) is 3. The molecule has 1 aromatic carbocycles. The summed E-state index contributed by atoms with van der Waals surface area (Å²) in [7, 11) is -4.30. The molecule has 1 rings (SSSR count). The van der Waals surface area contributed by atoms with Crippen molar-refractivity contribution in [3.8, 4) is 0 Å². The molecular weight excluding hydrogens is 403 g/mol. The lowest BCUT2D eigenvalue weighted by Crippen LogP contribution is -2.41. The first kappa shape index (κ1) is 23.7. The molecule has 3 N–H and O–H groups in total. The Morgan fingerprint density at radius 2 is 1.68 bits per heavy atom. The highest BCUT2D eigenvalue weighted by molar-refractivity contribution is 7.89. The van der Waals surface area contributed by atoms with Crippen molar-refractivity contribution in [3.63, 3.8) is 0 Å². The number of halogens is 3. The van der Waals surface area contributed by atoms with Crippen LogP contribution < -0.4 is 15.4 Å². The summed E-state index contributed by atoms with van der Waals surface area (Å²) < 4.78 is 69.0. The molecule has 0 unspecified atom stereocenters. The van der Waals surface area contributed by atoms with Crippen LogP contribution in [0, 0.1) is 0 Å². The summed E-state index contributed by atoms with van der Waals surface area (Å²) in [4.78, 5) is 22.4. The van der Waals surface area contributed by atoms with Crippen molar-refractivity contribution in [2.75, 3.05) is 19.6 Å². The Labute approximate surface area is 160 Å². The maximum atomic E-state index is 12.7. The van der Waals surface area contributed by atoms with Gasteiger partial charge >= 0.3 is 12.3 Å². The fourth-order valence-electron chi connectivity index (χ4n) is 1.83. The summed E-state index contributed by atoms with van der Waals surface area (Å²) in [6.45, 7) is 4.43. The first-order valence-electron chi connectivity index (χ1n) is 8.11. The van der Waals surface area contributed by atoms with E-state index in [1.54, 1.807) is 20.8 Å². The molecular formula is C16H22F3N3O5S. The Hall–Kier alpha value is -2.34. The molecule has 1 aromatic rings. The van der Waals surface area contributed by atoms with E-state index in [-0.39, 0.29) is 13.1 Å². The minimum atomic E-state index is -4.69. The van der Waals surface area contributed by atoms with Crippen molar-refractivity contribution < 1.29 is 35.9 Å². The number of hydrogen-bond acceptors (Lipinski definition) is 5. The molecule has 12 heteroatoms. The maximum Gasteiger partial charge on any atom is 0.416 e. The van der Waals surface area contributed by atoms with Crippen LogP contribution in [0.15, 0.2) is 29.2 Å². The third kappa shape index (κ3) is 8.57. The second kappa shape index (κ2) is 9.24. The van der Waals surface area contributed by atoms with Crippen molar-refractivity contribution in [1.82, 2.24) is 15.4 Å². The van der Waals surface area contributed by atoms with Gasteiger partial charge in [0.15, 0.2) is 0 Å². The second-order valence-corrected chi connectivity index (χ2v) is 8.40. The van der Waals surface area contributed by atoms with Crippen LogP contribution in [0.2, 0.25) is 0 Å². The van der Waals surface area contributed by atoms with Crippen LogP contribution in [0.25, 0.3) is 0 Å². The first-order chi connectivity index (χ1) is 12.7. The lowest BCUT2D eigenvalue weighted by Gasteiger charge is -2.19. The van der Waals surface area contributed by atoms with Crippen molar-refractivity contribution in [1.29, 1.82) is 0 Å². The molecule has 28 heavy (non-hydrogen) atoms. The van der Waals surface area contributed by atoms with Gasteiger partial charge in [0.1, 0.15) is 5.60 Å². The first-order valence-corrected chi connectivity index (χ1v) is 9.59. The molecule has 158 valence electrons. The highest BCUT2D eigenvalue weighted by Crippen LogP contribution is 2.30. The minimum Gasteiger partial charge on any atom is -0.444 e. The number of hydrogen-bond donors (Lipinski definition) is 3. The number of sulfonamides is 1. The third-order valence-corrected chi connectivity index (χ3v) is 4.41. The molecule has 0 fully saturated rings. The zero-order valence-corrected chi connectivity index (χ0v) is 16.3. The molecule has 0 aliphatic rings. The van der Waals surface area contributed by atoms with Gasteiger partial charge in [-0.2, -0.15) is 13.2 Å². The maximum absolute atomic E-state index is 12.7. The lowest BCUT2D eigenvalue weighted by atomic mass is 10.2. The van der Waals surface area contributed by atoms with Crippen molar-refractivity contribution in [2.24, 2.45) is 0 Å². The van der Waals surface area contributed by atoms with E-state index in [1.165, 1.54) is 0 Å². The molecule has 0 spiro atoms. The predicted molar refractivity (Wildman–Crippen MR) is 93.9 cm³/mol. The standard InChI is InChI=1S/C16H22F3N3O5S/c1-15(2,3)27-14(24)21-8-7-20-13(23)10-22-28(25,26)12-6-4-5-11(9-12)16(17,18)19/h4-6,9,22H,7-8,10H2,1-3H3,(H,20,23)(H,21,24). The van der Waals surface area contributed by atoms with Crippen molar-refractivity contribution in [2.45, 2.75) is 37.4 Å². The van der Waals surface area contributed by atoms with E-state index in [0.717, 1.165) is 18.2 Å². The summed E-state index contributed by atoms with van der Waals surface area (Å²) in [6, 6.07) is 3.16. The zero-order chi connectivity index (χ0) is 21.6. The fourth-order valence-corrected chi connectivity index (χ4v) is 2.85.